The summed E-state index contributed by atoms with van der Waals surface area (Å²) in [4.78, 5) is 0. The summed E-state index contributed by atoms with van der Waals surface area (Å²) in [6.45, 7) is 4.36. The molecule has 0 aliphatic carbocycles. The molecule has 96 valence electrons. The molecule has 1 aromatic carbocycles. The Hall–Kier alpha value is 0.170. The highest BCUT2D eigenvalue weighted by Crippen LogP contribution is 2.47. The predicted molar refractivity (Wildman–Crippen MR) is 87.8 cm³/mol. The van der Waals surface area contributed by atoms with Crippen molar-refractivity contribution in [1.29, 1.82) is 0 Å². The number of alkyl halides is 1. The molecule has 0 saturated carbocycles. The van der Waals surface area contributed by atoms with E-state index in [1.165, 1.54) is 5.56 Å². The summed E-state index contributed by atoms with van der Waals surface area (Å²) in [6.07, 6.45) is 0. The number of benzene rings is 1. The molecule has 0 radical (unpaired) electrons. The Morgan fingerprint density at radius 2 is 1.78 bits per heavy atom. The normalized spacial score (nSPS) is 13.6. The fraction of sp³-hybridized carbons (Fsp3) is 0.286. The van der Waals surface area contributed by atoms with Crippen LogP contribution in [0.1, 0.15) is 30.4 Å². The molecule has 18 heavy (non-hydrogen) atoms. The maximum atomic E-state index is 6.71. The number of halogens is 3. The third-order valence-corrected chi connectivity index (χ3v) is 6.27. The molecule has 2 rings (SSSR count). The van der Waals surface area contributed by atoms with E-state index in [1.807, 2.05) is 6.07 Å². The van der Waals surface area contributed by atoms with Crippen molar-refractivity contribution in [2.24, 2.45) is 0 Å². The van der Waals surface area contributed by atoms with Crippen LogP contribution in [-0.2, 0) is 5.41 Å². The molecule has 1 aromatic heterocycles. The van der Waals surface area contributed by atoms with E-state index in [4.69, 9.17) is 11.6 Å². The van der Waals surface area contributed by atoms with E-state index in [-0.39, 0.29) is 10.8 Å². The van der Waals surface area contributed by atoms with Crippen molar-refractivity contribution in [3.63, 3.8) is 0 Å². The Labute approximate surface area is 134 Å². The average molecular weight is 409 g/mol. The first-order valence-electron chi connectivity index (χ1n) is 5.57. The highest BCUT2D eigenvalue weighted by molar-refractivity contribution is 9.12. The standard InChI is InChI=1S/C14H13Br2ClS/c1-14(2,9-6-4-3-5-7-9)12(17)10-8-11(15)18-13(10)16/h3-8,12H,1-2H3. The van der Waals surface area contributed by atoms with Gasteiger partial charge in [-0.3, -0.25) is 0 Å². The number of thiophene rings is 1. The van der Waals surface area contributed by atoms with Crippen LogP contribution in [0, 0.1) is 0 Å². The largest absolute Gasteiger partial charge is 0.121 e. The first kappa shape index (κ1) is 14.6. The Balaban J connectivity index is 2.39. The molecule has 0 N–H and O–H groups in total. The van der Waals surface area contributed by atoms with Crippen LogP contribution in [0.15, 0.2) is 44.0 Å². The Bertz CT molecular complexity index is 534. The van der Waals surface area contributed by atoms with Crippen molar-refractivity contribution in [3.05, 3.63) is 55.1 Å². The molecule has 1 atom stereocenters. The number of hydrogen-bond acceptors (Lipinski definition) is 1. The molecule has 0 spiro atoms. The second kappa shape index (κ2) is 5.66. The Morgan fingerprint density at radius 1 is 1.17 bits per heavy atom. The van der Waals surface area contributed by atoms with E-state index >= 15 is 0 Å². The van der Waals surface area contributed by atoms with Crippen LogP contribution >= 0.6 is 54.8 Å². The summed E-state index contributed by atoms with van der Waals surface area (Å²) in [7, 11) is 0. The van der Waals surface area contributed by atoms with Gasteiger partial charge in [-0.1, -0.05) is 44.2 Å². The van der Waals surface area contributed by atoms with Crippen molar-refractivity contribution in [2.45, 2.75) is 24.6 Å². The van der Waals surface area contributed by atoms with Gasteiger partial charge >= 0.3 is 0 Å². The van der Waals surface area contributed by atoms with Crippen LogP contribution in [0.5, 0.6) is 0 Å². The molecule has 0 aliphatic heterocycles. The minimum Gasteiger partial charge on any atom is -0.121 e. The van der Waals surface area contributed by atoms with E-state index in [9.17, 15) is 0 Å². The maximum Gasteiger partial charge on any atom is 0.0757 e. The van der Waals surface area contributed by atoms with Crippen molar-refractivity contribution < 1.29 is 0 Å². The van der Waals surface area contributed by atoms with Crippen molar-refractivity contribution in [2.75, 3.05) is 0 Å². The second-order valence-electron chi connectivity index (χ2n) is 4.73. The first-order valence-corrected chi connectivity index (χ1v) is 8.41. The zero-order valence-electron chi connectivity index (χ0n) is 10.1. The summed E-state index contributed by atoms with van der Waals surface area (Å²) in [5.74, 6) is 0. The van der Waals surface area contributed by atoms with Gasteiger partial charge in [0.15, 0.2) is 0 Å². The van der Waals surface area contributed by atoms with Crippen LogP contribution in [0.3, 0.4) is 0 Å². The van der Waals surface area contributed by atoms with Crippen LogP contribution in [0.2, 0.25) is 0 Å². The summed E-state index contributed by atoms with van der Waals surface area (Å²) in [6, 6.07) is 12.5. The van der Waals surface area contributed by atoms with Gasteiger partial charge < -0.3 is 0 Å². The number of rotatable bonds is 3. The van der Waals surface area contributed by atoms with Gasteiger partial charge in [0.25, 0.3) is 0 Å². The topological polar surface area (TPSA) is 0 Å². The van der Waals surface area contributed by atoms with Crippen LogP contribution in [-0.4, -0.2) is 0 Å². The molecule has 0 bridgehead atoms. The Kier molecular flexibility index (Phi) is 4.58. The third kappa shape index (κ3) is 2.84. The van der Waals surface area contributed by atoms with Crippen LogP contribution in [0.4, 0.5) is 0 Å². The molecule has 0 nitrogen and oxygen atoms in total. The minimum absolute atomic E-state index is 0.0724. The monoisotopic (exact) mass is 406 g/mol. The molecular formula is C14H13Br2ClS. The second-order valence-corrected chi connectivity index (χ2v) is 8.92. The lowest BCUT2D eigenvalue weighted by Crippen LogP contribution is -2.23. The van der Waals surface area contributed by atoms with Crippen molar-refractivity contribution in [3.8, 4) is 0 Å². The molecule has 0 amide bonds. The van der Waals surface area contributed by atoms with Crippen molar-refractivity contribution >= 4 is 54.8 Å². The molecular weight excluding hydrogens is 395 g/mol. The highest BCUT2D eigenvalue weighted by atomic mass is 79.9. The molecule has 0 aliphatic rings. The van der Waals surface area contributed by atoms with E-state index in [2.05, 4.69) is 76.0 Å². The molecule has 1 heterocycles. The van der Waals surface area contributed by atoms with Gasteiger partial charge in [-0.05, 0) is 49.1 Å². The SMILES string of the molecule is CC(C)(c1ccccc1)C(Cl)c1cc(Br)sc1Br. The minimum atomic E-state index is -0.119. The first-order chi connectivity index (χ1) is 8.43. The fourth-order valence-electron chi connectivity index (χ4n) is 1.93. The Morgan fingerprint density at radius 3 is 2.28 bits per heavy atom. The summed E-state index contributed by atoms with van der Waals surface area (Å²) in [5.41, 5.74) is 2.27. The van der Waals surface area contributed by atoms with Crippen LogP contribution in [0.25, 0.3) is 0 Å². The average Bonchev–Trinajstić information content (AvgIpc) is 2.68. The fourth-order valence-corrected chi connectivity index (χ4v) is 5.33. The third-order valence-electron chi connectivity index (χ3n) is 3.11. The van der Waals surface area contributed by atoms with E-state index in [0.717, 1.165) is 13.1 Å². The molecule has 0 saturated heterocycles. The lowest BCUT2D eigenvalue weighted by molar-refractivity contribution is 0.504. The molecule has 1 unspecified atom stereocenters. The maximum absolute atomic E-state index is 6.71. The number of hydrogen-bond donors (Lipinski definition) is 0. The molecule has 2 aromatic rings. The van der Waals surface area contributed by atoms with Crippen molar-refractivity contribution in [1.82, 2.24) is 0 Å². The zero-order chi connectivity index (χ0) is 13.3. The van der Waals surface area contributed by atoms with Gasteiger partial charge in [0.2, 0.25) is 0 Å². The van der Waals surface area contributed by atoms with Gasteiger partial charge in [-0.15, -0.1) is 22.9 Å². The quantitative estimate of drug-likeness (QED) is 0.507. The molecule has 4 heteroatoms. The molecule has 0 fully saturated rings. The zero-order valence-corrected chi connectivity index (χ0v) is 14.8. The van der Waals surface area contributed by atoms with E-state index in [0.29, 0.717) is 0 Å². The highest BCUT2D eigenvalue weighted by Gasteiger charge is 2.32. The van der Waals surface area contributed by atoms with Gasteiger partial charge in [0.1, 0.15) is 0 Å². The smallest absolute Gasteiger partial charge is 0.0757 e. The lowest BCUT2D eigenvalue weighted by atomic mass is 9.79. The predicted octanol–water partition coefficient (Wildman–Crippen LogP) is 6.53. The van der Waals surface area contributed by atoms with E-state index < -0.39 is 0 Å². The van der Waals surface area contributed by atoms with Gasteiger partial charge in [-0.2, -0.15) is 0 Å². The summed E-state index contributed by atoms with van der Waals surface area (Å²) in [5, 5.41) is -0.0724. The lowest BCUT2D eigenvalue weighted by Gasteiger charge is -2.30. The van der Waals surface area contributed by atoms with E-state index in [1.54, 1.807) is 11.3 Å². The van der Waals surface area contributed by atoms with Crippen LogP contribution < -0.4 is 0 Å². The van der Waals surface area contributed by atoms with Gasteiger partial charge in [0, 0.05) is 5.41 Å². The summed E-state index contributed by atoms with van der Waals surface area (Å²) < 4.78 is 2.19. The summed E-state index contributed by atoms with van der Waals surface area (Å²) >= 11 is 15.5. The van der Waals surface area contributed by atoms with Gasteiger partial charge in [-0.25, -0.2) is 0 Å². The van der Waals surface area contributed by atoms with Gasteiger partial charge in [0.05, 0.1) is 12.9 Å².